The molecule has 0 spiro atoms. The third kappa shape index (κ3) is 3.26. The third-order valence-electron chi connectivity index (χ3n) is 3.83. The molecular weight excluding hydrogens is 290 g/mol. The number of rotatable bonds is 5. The van der Waals surface area contributed by atoms with Crippen molar-refractivity contribution in [1.82, 2.24) is 19.6 Å². The fourth-order valence-corrected chi connectivity index (χ4v) is 2.35. The number of fused-ring (bicyclic) bond motifs is 1. The van der Waals surface area contributed by atoms with E-state index in [9.17, 15) is 4.79 Å². The molecule has 0 radical (unpaired) electrons. The predicted molar refractivity (Wildman–Crippen MR) is 90.8 cm³/mol. The lowest BCUT2D eigenvalue weighted by atomic mass is 10.1. The second kappa shape index (κ2) is 6.24. The van der Waals surface area contributed by atoms with E-state index < -0.39 is 0 Å². The van der Waals surface area contributed by atoms with E-state index in [-0.39, 0.29) is 11.5 Å². The normalized spacial score (nSPS) is 11.3. The van der Waals surface area contributed by atoms with Crippen LogP contribution in [-0.2, 0) is 13.0 Å². The van der Waals surface area contributed by atoms with Gasteiger partial charge in [-0.05, 0) is 23.5 Å². The summed E-state index contributed by atoms with van der Waals surface area (Å²) in [5, 5.41) is 6.14. The molecule has 0 fully saturated rings. The van der Waals surface area contributed by atoms with Crippen molar-refractivity contribution in [2.45, 2.75) is 39.7 Å². The van der Waals surface area contributed by atoms with E-state index >= 15 is 0 Å². The summed E-state index contributed by atoms with van der Waals surface area (Å²) in [6.07, 6.45) is 1.03. The monoisotopic (exact) mass is 311 g/mol. The van der Waals surface area contributed by atoms with E-state index in [0.29, 0.717) is 18.3 Å². The maximum atomic E-state index is 12.1. The van der Waals surface area contributed by atoms with Crippen molar-refractivity contribution in [2.24, 2.45) is 0 Å². The molecule has 2 aromatic heterocycles. The van der Waals surface area contributed by atoms with E-state index in [1.165, 1.54) is 10.1 Å². The van der Waals surface area contributed by atoms with Crippen LogP contribution in [0.3, 0.4) is 0 Å². The Labute approximate surface area is 134 Å². The second-order valence-corrected chi connectivity index (χ2v) is 5.91. The molecule has 2 N–H and O–H groups in total. The molecule has 3 aromatic rings. The molecule has 0 aliphatic heterocycles. The van der Waals surface area contributed by atoms with Gasteiger partial charge in [0.05, 0.1) is 5.69 Å². The number of hydrogen-bond acceptors (Lipinski definition) is 4. The van der Waals surface area contributed by atoms with E-state index in [2.05, 4.69) is 51.6 Å². The first-order valence-electron chi connectivity index (χ1n) is 7.88. The molecule has 0 aliphatic rings. The molecule has 3 rings (SSSR count). The van der Waals surface area contributed by atoms with Crippen LogP contribution in [0.15, 0.2) is 35.1 Å². The van der Waals surface area contributed by atoms with Gasteiger partial charge in [0.15, 0.2) is 0 Å². The van der Waals surface area contributed by atoms with E-state index in [1.54, 1.807) is 6.07 Å². The summed E-state index contributed by atoms with van der Waals surface area (Å²) in [6.45, 7) is 6.78. The first kappa shape index (κ1) is 15.3. The Morgan fingerprint density at radius 2 is 1.87 bits per heavy atom. The van der Waals surface area contributed by atoms with Crippen LogP contribution in [0.1, 0.15) is 43.5 Å². The molecule has 0 saturated heterocycles. The van der Waals surface area contributed by atoms with Crippen molar-refractivity contribution in [2.75, 3.05) is 5.32 Å². The topological polar surface area (TPSA) is 75.1 Å². The minimum atomic E-state index is -0.147. The summed E-state index contributed by atoms with van der Waals surface area (Å²) >= 11 is 0. The molecule has 23 heavy (non-hydrogen) atoms. The molecule has 0 aliphatic carbocycles. The quantitative estimate of drug-likeness (QED) is 0.759. The summed E-state index contributed by atoms with van der Waals surface area (Å²) in [5.41, 5.74) is 3.08. The van der Waals surface area contributed by atoms with Crippen LogP contribution in [-0.4, -0.2) is 19.6 Å². The van der Waals surface area contributed by atoms with Crippen molar-refractivity contribution in [3.63, 3.8) is 0 Å². The van der Waals surface area contributed by atoms with Crippen LogP contribution < -0.4 is 10.9 Å². The highest BCUT2D eigenvalue weighted by Crippen LogP contribution is 2.11. The largest absolute Gasteiger partial charge is 0.351 e. The molecular formula is C17H21N5O. The first-order valence-corrected chi connectivity index (χ1v) is 7.88. The zero-order valence-electron chi connectivity index (χ0n) is 13.6. The highest BCUT2D eigenvalue weighted by Gasteiger charge is 2.09. The molecule has 120 valence electrons. The summed E-state index contributed by atoms with van der Waals surface area (Å²) in [7, 11) is 0. The standard InChI is InChI=1S/C17H21N5O/c1-4-12-5-7-13(8-6-12)10-18-16-20-17-19-14(11(2)3)9-15(23)22(17)21-16/h5-9,11H,4,10H2,1-3H3,(H2,18,19,20,21). The molecule has 6 nitrogen and oxygen atoms in total. The second-order valence-electron chi connectivity index (χ2n) is 5.91. The summed E-state index contributed by atoms with van der Waals surface area (Å²) in [4.78, 5) is 20.9. The minimum Gasteiger partial charge on any atom is -0.351 e. The highest BCUT2D eigenvalue weighted by molar-refractivity contribution is 5.38. The SMILES string of the molecule is CCc1ccc(CNc2nc3nc(C(C)C)cc(=O)n3[nH]2)cc1. The lowest BCUT2D eigenvalue weighted by molar-refractivity contribution is 0.795. The number of aromatic amines is 1. The van der Waals surface area contributed by atoms with E-state index in [0.717, 1.165) is 17.7 Å². The highest BCUT2D eigenvalue weighted by atomic mass is 16.1. The lowest BCUT2D eigenvalue weighted by Crippen LogP contribution is -2.16. The van der Waals surface area contributed by atoms with Gasteiger partial charge in [-0.3, -0.25) is 9.89 Å². The Bertz CT molecular complexity index is 861. The fourth-order valence-electron chi connectivity index (χ4n) is 2.35. The van der Waals surface area contributed by atoms with Crippen LogP contribution >= 0.6 is 0 Å². The molecule has 0 saturated carbocycles. The first-order chi connectivity index (χ1) is 11.1. The van der Waals surface area contributed by atoms with Crippen LogP contribution in [0, 0.1) is 0 Å². The fraction of sp³-hybridized carbons (Fsp3) is 0.353. The summed E-state index contributed by atoms with van der Waals surface area (Å²) in [5.74, 6) is 1.12. The molecule has 0 atom stereocenters. The maximum Gasteiger partial charge on any atom is 0.274 e. The van der Waals surface area contributed by atoms with Crippen molar-refractivity contribution >= 4 is 11.7 Å². The Kier molecular flexibility index (Phi) is 4.14. The van der Waals surface area contributed by atoms with E-state index in [4.69, 9.17) is 0 Å². The molecule has 0 unspecified atom stereocenters. The number of H-pyrrole nitrogens is 1. The predicted octanol–water partition coefficient (Wildman–Crippen LogP) is 2.72. The lowest BCUT2D eigenvalue weighted by Gasteiger charge is -2.03. The summed E-state index contributed by atoms with van der Waals surface area (Å²) < 4.78 is 1.36. The number of nitrogens with zero attached hydrogens (tertiary/aromatic N) is 3. The van der Waals surface area contributed by atoms with Crippen molar-refractivity contribution < 1.29 is 0 Å². The maximum absolute atomic E-state index is 12.1. The third-order valence-corrected chi connectivity index (χ3v) is 3.83. The Hall–Kier alpha value is -2.63. The Morgan fingerprint density at radius 1 is 1.17 bits per heavy atom. The van der Waals surface area contributed by atoms with Gasteiger partial charge in [0.25, 0.3) is 11.3 Å². The number of anilines is 1. The number of benzene rings is 1. The van der Waals surface area contributed by atoms with Gasteiger partial charge in [-0.1, -0.05) is 45.0 Å². The van der Waals surface area contributed by atoms with Gasteiger partial charge in [-0.2, -0.15) is 9.50 Å². The molecule has 6 heteroatoms. The number of aryl methyl sites for hydroxylation is 1. The number of hydrogen-bond donors (Lipinski definition) is 2. The molecule has 1 aromatic carbocycles. The Balaban J connectivity index is 1.80. The smallest absolute Gasteiger partial charge is 0.274 e. The molecule has 0 amide bonds. The van der Waals surface area contributed by atoms with Crippen molar-refractivity contribution in [3.8, 4) is 0 Å². The van der Waals surface area contributed by atoms with Crippen LogP contribution in [0.4, 0.5) is 5.95 Å². The zero-order valence-corrected chi connectivity index (χ0v) is 13.6. The van der Waals surface area contributed by atoms with Gasteiger partial charge in [0.2, 0.25) is 5.95 Å². The zero-order chi connectivity index (χ0) is 16.4. The van der Waals surface area contributed by atoms with Crippen LogP contribution in [0.25, 0.3) is 5.78 Å². The van der Waals surface area contributed by atoms with Crippen molar-refractivity contribution in [3.05, 3.63) is 57.5 Å². The minimum absolute atomic E-state index is 0.147. The Morgan fingerprint density at radius 3 is 2.52 bits per heavy atom. The van der Waals surface area contributed by atoms with Gasteiger partial charge >= 0.3 is 0 Å². The van der Waals surface area contributed by atoms with Gasteiger partial charge in [-0.25, -0.2) is 4.98 Å². The number of nitrogens with one attached hydrogen (secondary N) is 2. The molecule has 2 heterocycles. The van der Waals surface area contributed by atoms with Crippen LogP contribution in [0.5, 0.6) is 0 Å². The number of aromatic nitrogens is 4. The van der Waals surface area contributed by atoms with Gasteiger partial charge in [0.1, 0.15) is 0 Å². The summed E-state index contributed by atoms with van der Waals surface area (Å²) in [6, 6.07) is 9.97. The molecule has 0 bridgehead atoms. The average Bonchev–Trinajstić information content (AvgIpc) is 2.97. The van der Waals surface area contributed by atoms with Crippen LogP contribution in [0.2, 0.25) is 0 Å². The average molecular weight is 311 g/mol. The van der Waals surface area contributed by atoms with Gasteiger partial charge in [0, 0.05) is 12.6 Å². The van der Waals surface area contributed by atoms with Gasteiger partial charge < -0.3 is 5.32 Å². The van der Waals surface area contributed by atoms with Crippen molar-refractivity contribution in [1.29, 1.82) is 0 Å². The van der Waals surface area contributed by atoms with E-state index in [1.807, 2.05) is 13.8 Å². The van der Waals surface area contributed by atoms with Gasteiger partial charge in [-0.15, -0.1) is 0 Å².